The molecule has 0 aliphatic carbocycles. The topological polar surface area (TPSA) is 72.5 Å². The molecule has 0 unspecified atom stereocenters. The van der Waals surface area contributed by atoms with Crippen molar-refractivity contribution in [1.82, 2.24) is 0 Å². The first-order valence-electron chi connectivity index (χ1n) is 10.9. The van der Waals surface area contributed by atoms with Crippen molar-refractivity contribution < 1.29 is 19.1 Å². The largest absolute Gasteiger partial charge is 0.444 e. The Bertz CT molecular complexity index is 1140. The molecule has 1 amide bonds. The average Bonchev–Trinajstić information content (AvgIpc) is 2.74. The molecule has 33 heavy (non-hydrogen) atoms. The highest BCUT2D eigenvalue weighted by Gasteiger charge is 2.19. The van der Waals surface area contributed by atoms with Crippen LogP contribution in [0, 0.1) is 0 Å². The van der Waals surface area contributed by atoms with Crippen molar-refractivity contribution in [1.29, 1.82) is 0 Å². The molecule has 3 aromatic carbocycles. The van der Waals surface area contributed by atoms with Gasteiger partial charge < -0.3 is 4.74 Å². The Hall–Kier alpha value is -3.73. The van der Waals surface area contributed by atoms with E-state index in [0.29, 0.717) is 23.2 Å². The van der Waals surface area contributed by atoms with E-state index in [1.165, 1.54) is 6.92 Å². The Balaban J connectivity index is 1.88. The molecular formula is C28H29NO4. The average molecular weight is 444 g/mol. The maximum atomic E-state index is 13.1. The first-order valence-corrected chi connectivity index (χ1v) is 10.9. The van der Waals surface area contributed by atoms with Gasteiger partial charge in [-0.3, -0.25) is 14.9 Å². The van der Waals surface area contributed by atoms with Crippen molar-refractivity contribution in [3.63, 3.8) is 0 Å². The van der Waals surface area contributed by atoms with Crippen molar-refractivity contribution in [2.45, 2.75) is 46.1 Å². The number of carbonyl (C=O) groups is 3. The van der Waals surface area contributed by atoms with Gasteiger partial charge in [-0.25, -0.2) is 4.79 Å². The second kappa shape index (κ2) is 10.3. The second-order valence-corrected chi connectivity index (χ2v) is 9.04. The maximum absolute atomic E-state index is 13.1. The van der Waals surface area contributed by atoms with E-state index in [2.05, 4.69) is 5.32 Å². The van der Waals surface area contributed by atoms with Crippen molar-refractivity contribution in [3.8, 4) is 11.1 Å². The molecule has 0 bridgehead atoms. The number of ether oxygens (including phenoxy) is 1. The normalized spacial score (nSPS) is 11.0. The van der Waals surface area contributed by atoms with E-state index in [0.717, 1.165) is 16.7 Å². The molecule has 0 radical (unpaired) electrons. The zero-order chi connectivity index (χ0) is 24.0. The predicted octanol–water partition coefficient (Wildman–Crippen LogP) is 6.26. The summed E-state index contributed by atoms with van der Waals surface area (Å²) in [6, 6.07) is 22.6. The molecule has 0 aromatic heterocycles. The van der Waals surface area contributed by atoms with Crippen molar-refractivity contribution >= 4 is 23.3 Å². The number of hydrogen-bond donors (Lipinski definition) is 1. The lowest BCUT2D eigenvalue weighted by Crippen LogP contribution is -2.27. The van der Waals surface area contributed by atoms with Crippen LogP contribution in [-0.2, 0) is 22.4 Å². The Morgan fingerprint density at radius 3 is 2.09 bits per heavy atom. The van der Waals surface area contributed by atoms with Crippen LogP contribution in [0.15, 0.2) is 72.8 Å². The molecule has 0 heterocycles. The minimum absolute atomic E-state index is 0.0738. The summed E-state index contributed by atoms with van der Waals surface area (Å²) >= 11 is 0. The Morgan fingerprint density at radius 1 is 0.818 bits per heavy atom. The zero-order valence-electron chi connectivity index (χ0n) is 19.5. The molecule has 3 aromatic rings. The van der Waals surface area contributed by atoms with Crippen LogP contribution in [0.5, 0.6) is 0 Å². The van der Waals surface area contributed by atoms with E-state index >= 15 is 0 Å². The van der Waals surface area contributed by atoms with Crippen LogP contribution in [0.4, 0.5) is 10.5 Å². The highest BCUT2D eigenvalue weighted by Crippen LogP contribution is 2.27. The second-order valence-electron chi connectivity index (χ2n) is 9.04. The van der Waals surface area contributed by atoms with Crippen LogP contribution in [0.25, 0.3) is 11.1 Å². The Kier molecular flexibility index (Phi) is 7.44. The SMILES string of the molecule is CC(=O)Cc1ccc(C(=O)Cc2cc(-c3ccccc3)ccc2NC(=O)OC(C)(C)C)cc1. The fraction of sp³-hybridized carbons (Fsp3) is 0.250. The zero-order valence-corrected chi connectivity index (χ0v) is 19.5. The molecule has 0 saturated carbocycles. The van der Waals surface area contributed by atoms with Crippen molar-refractivity contribution in [2.24, 2.45) is 0 Å². The monoisotopic (exact) mass is 443 g/mol. The van der Waals surface area contributed by atoms with E-state index in [1.54, 1.807) is 51.1 Å². The molecule has 0 saturated heterocycles. The molecule has 170 valence electrons. The Labute approximate surface area is 194 Å². The van der Waals surface area contributed by atoms with Gasteiger partial charge in [0.05, 0.1) is 0 Å². The van der Waals surface area contributed by atoms with Crippen LogP contribution in [0.2, 0.25) is 0 Å². The summed E-state index contributed by atoms with van der Waals surface area (Å²) in [4.78, 5) is 36.7. The highest BCUT2D eigenvalue weighted by molar-refractivity contribution is 5.99. The molecule has 0 atom stereocenters. The number of hydrogen-bond acceptors (Lipinski definition) is 4. The standard InChI is InChI=1S/C28H29NO4/c1-19(30)16-20-10-12-22(13-11-20)26(31)18-24-17-23(21-8-6-5-7-9-21)14-15-25(24)29-27(32)33-28(2,3)4/h5-15,17H,16,18H2,1-4H3,(H,29,32). The van der Waals surface area contributed by atoms with Crippen LogP contribution >= 0.6 is 0 Å². The third-order valence-corrected chi connectivity index (χ3v) is 4.93. The summed E-state index contributed by atoms with van der Waals surface area (Å²) in [6.07, 6.45) is -0.118. The fourth-order valence-corrected chi connectivity index (χ4v) is 3.46. The van der Waals surface area contributed by atoms with E-state index in [1.807, 2.05) is 42.5 Å². The van der Waals surface area contributed by atoms with Crippen LogP contribution in [0.1, 0.15) is 49.2 Å². The van der Waals surface area contributed by atoms with Crippen molar-refractivity contribution in [2.75, 3.05) is 5.32 Å². The van der Waals surface area contributed by atoms with Gasteiger partial charge in [-0.15, -0.1) is 0 Å². The number of nitrogens with one attached hydrogen (secondary N) is 1. The summed E-state index contributed by atoms with van der Waals surface area (Å²) in [5.74, 6) is -0.00788. The van der Waals surface area contributed by atoms with E-state index in [9.17, 15) is 14.4 Å². The minimum atomic E-state index is -0.633. The molecular weight excluding hydrogens is 414 g/mol. The number of Topliss-reactive ketones (excluding diaryl/α,β-unsaturated/α-hetero) is 2. The Morgan fingerprint density at radius 2 is 1.48 bits per heavy atom. The summed E-state index contributed by atoms with van der Waals surface area (Å²) < 4.78 is 5.38. The van der Waals surface area contributed by atoms with Gasteiger partial charge in [-0.1, -0.05) is 60.7 Å². The number of anilines is 1. The number of rotatable bonds is 7. The summed E-state index contributed by atoms with van der Waals surface area (Å²) in [5.41, 5.74) is 3.98. The van der Waals surface area contributed by atoms with E-state index in [-0.39, 0.29) is 18.0 Å². The first kappa shape index (κ1) is 23.9. The molecule has 0 aliphatic heterocycles. The molecule has 5 heteroatoms. The number of carbonyl (C=O) groups excluding carboxylic acids is 3. The minimum Gasteiger partial charge on any atom is -0.444 e. The van der Waals surface area contributed by atoms with E-state index in [4.69, 9.17) is 4.74 Å². The summed E-state index contributed by atoms with van der Waals surface area (Å²) in [7, 11) is 0. The lowest BCUT2D eigenvalue weighted by molar-refractivity contribution is -0.116. The maximum Gasteiger partial charge on any atom is 0.412 e. The fourth-order valence-electron chi connectivity index (χ4n) is 3.46. The quantitative estimate of drug-likeness (QED) is 0.438. The van der Waals surface area contributed by atoms with Gasteiger partial charge in [-0.05, 0) is 62.1 Å². The van der Waals surface area contributed by atoms with Crippen LogP contribution in [0.3, 0.4) is 0 Å². The summed E-state index contributed by atoms with van der Waals surface area (Å²) in [6.45, 7) is 6.93. The first-order chi connectivity index (χ1) is 15.6. The third-order valence-electron chi connectivity index (χ3n) is 4.93. The highest BCUT2D eigenvalue weighted by atomic mass is 16.6. The third kappa shape index (κ3) is 7.14. The lowest BCUT2D eigenvalue weighted by Gasteiger charge is -2.20. The van der Waals surface area contributed by atoms with E-state index < -0.39 is 11.7 Å². The van der Waals surface area contributed by atoms with Gasteiger partial charge in [0, 0.05) is 24.1 Å². The van der Waals surface area contributed by atoms with Crippen LogP contribution in [-0.4, -0.2) is 23.3 Å². The molecule has 1 N–H and O–H groups in total. The lowest BCUT2D eigenvalue weighted by atomic mass is 9.96. The van der Waals surface area contributed by atoms with Gasteiger partial charge in [0.25, 0.3) is 0 Å². The molecule has 0 fully saturated rings. The number of amides is 1. The number of ketones is 2. The molecule has 5 nitrogen and oxygen atoms in total. The number of benzene rings is 3. The molecule has 3 rings (SSSR count). The predicted molar refractivity (Wildman–Crippen MR) is 131 cm³/mol. The van der Waals surface area contributed by atoms with Gasteiger partial charge in [0.1, 0.15) is 11.4 Å². The smallest absolute Gasteiger partial charge is 0.412 e. The molecule has 0 spiro atoms. The van der Waals surface area contributed by atoms with Gasteiger partial charge >= 0.3 is 6.09 Å². The summed E-state index contributed by atoms with van der Waals surface area (Å²) in [5, 5.41) is 2.78. The van der Waals surface area contributed by atoms with Crippen molar-refractivity contribution in [3.05, 3.63) is 89.5 Å². The molecule has 0 aliphatic rings. The van der Waals surface area contributed by atoms with Gasteiger partial charge in [-0.2, -0.15) is 0 Å². The van der Waals surface area contributed by atoms with Gasteiger partial charge in [0.15, 0.2) is 5.78 Å². The van der Waals surface area contributed by atoms with Gasteiger partial charge in [0.2, 0.25) is 0 Å². The van der Waals surface area contributed by atoms with Crippen LogP contribution < -0.4 is 5.32 Å².